The standard InChI is InChI=1S/C11H19N3OS/c1-4-5-9(12)11(15)14(3)6-10-8(2)13-7-16-10/h7,9H,4-6,12H2,1-3H3/t9-/m0/s1. The van der Waals surface area contributed by atoms with Gasteiger partial charge in [0.15, 0.2) is 0 Å². The number of aromatic nitrogens is 1. The molecule has 16 heavy (non-hydrogen) atoms. The van der Waals surface area contributed by atoms with Crippen LogP contribution in [0.25, 0.3) is 0 Å². The van der Waals surface area contributed by atoms with Crippen LogP contribution in [-0.4, -0.2) is 28.9 Å². The average Bonchev–Trinajstić information content (AvgIpc) is 2.63. The number of hydrogen-bond acceptors (Lipinski definition) is 4. The van der Waals surface area contributed by atoms with Crippen molar-refractivity contribution in [3.63, 3.8) is 0 Å². The molecular formula is C11H19N3OS. The highest BCUT2D eigenvalue weighted by atomic mass is 32.1. The minimum atomic E-state index is -0.372. The Kier molecular flexibility index (Phi) is 4.89. The molecule has 0 unspecified atom stereocenters. The topological polar surface area (TPSA) is 59.2 Å². The van der Waals surface area contributed by atoms with Gasteiger partial charge in [-0.05, 0) is 13.3 Å². The predicted octanol–water partition coefficient (Wildman–Crippen LogP) is 1.54. The highest BCUT2D eigenvalue weighted by Crippen LogP contribution is 2.14. The van der Waals surface area contributed by atoms with Gasteiger partial charge in [0.05, 0.1) is 23.8 Å². The summed E-state index contributed by atoms with van der Waals surface area (Å²) in [7, 11) is 1.79. The SMILES string of the molecule is CCC[C@H](N)C(=O)N(C)Cc1scnc1C. The molecule has 1 aromatic rings. The largest absolute Gasteiger partial charge is 0.339 e. The normalized spacial score (nSPS) is 12.5. The molecule has 5 heteroatoms. The first-order chi connectivity index (χ1) is 7.56. The highest BCUT2D eigenvalue weighted by molar-refractivity contribution is 7.09. The Labute approximate surface area is 100 Å². The van der Waals surface area contributed by atoms with Crippen LogP contribution >= 0.6 is 11.3 Å². The quantitative estimate of drug-likeness (QED) is 0.850. The molecule has 1 amide bonds. The number of aryl methyl sites for hydroxylation is 1. The number of nitrogens with zero attached hydrogens (tertiary/aromatic N) is 2. The third-order valence-corrected chi connectivity index (χ3v) is 3.44. The molecule has 2 N–H and O–H groups in total. The number of rotatable bonds is 5. The lowest BCUT2D eigenvalue weighted by atomic mass is 10.1. The van der Waals surface area contributed by atoms with Gasteiger partial charge in [0, 0.05) is 11.9 Å². The van der Waals surface area contributed by atoms with E-state index in [0.29, 0.717) is 6.54 Å². The van der Waals surface area contributed by atoms with Crippen molar-refractivity contribution in [1.82, 2.24) is 9.88 Å². The van der Waals surface area contributed by atoms with E-state index in [4.69, 9.17) is 5.73 Å². The Balaban J connectivity index is 2.55. The van der Waals surface area contributed by atoms with Gasteiger partial charge in [-0.1, -0.05) is 13.3 Å². The molecule has 0 aliphatic carbocycles. The zero-order chi connectivity index (χ0) is 12.1. The van der Waals surface area contributed by atoms with Crippen molar-refractivity contribution in [2.75, 3.05) is 7.05 Å². The van der Waals surface area contributed by atoms with Crippen LogP contribution in [0.4, 0.5) is 0 Å². The molecule has 0 spiro atoms. The first-order valence-electron chi connectivity index (χ1n) is 5.45. The molecule has 0 aromatic carbocycles. The van der Waals surface area contributed by atoms with E-state index in [-0.39, 0.29) is 11.9 Å². The molecule has 90 valence electrons. The van der Waals surface area contributed by atoms with Crippen LogP contribution in [0.15, 0.2) is 5.51 Å². The lowest BCUT2D eigenvalue weighted by molar-refractivity contribution is -0.131. The summed E-state index contributed by atoms with van der Waals surface area (Å²) in [6.45, 7) is 4.59. The molecule has 0 aliphatic rings. The van der Waals surface area contributed by atoms with Gasteiger partial charge in [-0.15, -0.1) is 11.3 Å². The van der Waals surface area contributed by atoms with E-state index in [1.807, 2.05) is 13.8 Å². The molecule has 1 heterocycles. The molecule has 0 saturated carbocycles. The third-order valence-electron chi connectivity index (χ3n) is 2.52. The van der Waals surface area contributed by atoms with Crippen molar-refractivity contribution in [3.8, 4) is 0 Å². The summed E-state index contributed by atoms with van der Waals surface area (Å²) in [5.74, 6) is 0.00894. The van der Waals surface area contributed by atoms with Gasteiger partial charge >= 0.3 is 0 Å². The van der Waals surface area contributed by atoms with Crippen LogP contribution in [0, 0.1) is 6.92 Å². The molecule has 1 aromatic heterocycles. The predicted molar refractivity (Wildman–Crippen MR) is 66.2 cm³/mol. The third kappa shape index (κ3) is 3.28. The second kappa shape index (κ2) is 5.96. The zero-order valence-corrected chi connectivity index (χ0v) is 10.9. The van der Waals surface area contributed by atoms with E-state index in [1.165, 1.54) is 0 Å². The molecular weight excluding hydrogens is 222 g/mol. The fourth-order valence-electron chi connectivity index (χ4n) is 1.49. The van der Waals surface area contributed by atoms with E-state index >= 15 is 0 Å². The number of thiazole rings is 1. The van der Waals surface area contributed by atoms with Crippen molar-refractivity contribution in [1.29, 1.82) is 0 Å². The smallest absolute Gasteiger partial charge is 0.239 e. The summed E-state index contributed by atoms with van der Waals surface area (Å²) in [4.78, 5) is 18.8. The molecule has 0 fully saturated rings. The van der Waals surface area contributed by atoms with Crippen molar-refractivity contribution < 1.29 is 4.79 Å². The van der Waals surface area contributed by atoms with Gasteiger partial charge in [0.25, 0.3) is 0 Å². The van der Waals surface area contributed by atoms with E-state index in [1.54, 1.807) is 28.8 Å². The number of likely N-dealkylation sites (N-methyl/N-ethyl adjacent to an activating group) is 1. The van der Waals surface area contributed by atoms with Gasteiger partial charge in [-0.2, -0.15) is 0 Å². The van der Waals surface area contributed by atoms with Crippen LogP contribution in [0.5, 0.6) is 0 Å². The maximum atomic E-state index is 11.9. The Morgan fingerprint density at radius 1 is 1.69 bits per heavy atom. The fourth-order valence-corrected chi connectivity index (χ4v) is 2.32. The van der Waals surface area contributed by atoms with Crippen molar-refractivity contribution >= 4 is 17.2 Å². The number of carbonyl (C=O) groups excluding carboxylic acids is 1. The lowest BCUT2D eigenvalue weighted by Crippen LogP contribution is -2.41. The maximum Gasteiger partial charge on any atom is 0.239 e. The number of nitrogens with two attached hydrogens (primary N) is 1. The summed E-state index contributed by atoms with van der Waals surface area (Å²) in [6, 6.07) is -0.372. The molecule has 0 radical (unpaired) electrons. The Hall–Kier alpha value is -0.940. The molecule has 0 saturated heterocycles. The number of carbonyl (C=O) groups is 1. The van der Waals surface area contributed by atoms with Gasteiger partial charge in [-0.3, -0.25) is 4.79 Å². The Morgan fingerprint density at radius 3 is 2.88 bits per heavy atom. The Bertz CT molecular complexity index is 351. The van der Waals surface area contributed by atoms with E-state index in [9.17, 15) is 4.79 Å². The summed E-state index contributed by atoms with van der Waals surface area (Å²) >= 11 is 1.57. The van der Waals surface area contributed by atoms with Gasteiger partial charge < -0.3 is 10.6 Å². The summed E-state index contributed by atoms with van der Waals surface area (Å²) < 4.78 is 0. The minimum absolute atomic E-state index is 0.00894. The average molecular weight is 241 g/mol. The van der Waals surface area contributed by atoms with E-state index < -0.39 is 0 Å². The van der Waals surface area contributed by atoms with Crippen molar-refractivity contribution in [2.24, 2.45) is 5.73 Å². The number of amides is 1. The fraction of sp³-hybridized carbons (Fsp3) is 0.636. The van der Waals surface area contributed by atoms with Gasteiger partial charge in [0.2, 0.25) is 5.91 Å². The number of hydrogen-bond donors (Lipinski definition) is 1. The molecule has 0 bridgehead atoms. The Morgan fingerprint density at radius 2 is 2.38 bits per heavy atom. The second-order valence-corrected chi connectivity index (χ2v) is 4.89. The van der Waals surface area contributed by atoms with Crippen molar-refractivity contribution in [2.45, 2.75) is 39.3 Å². The lowest BCUT2D eigenvalue weighted by Gasteiger charge is -2.20. The van der Waals surface area contributed by atoms with Crippen molar-refractivity contribution in [3.05, 3.63) is 16.1 Å². The summed E-state index contributed by atoms with van der Waals surface area (Å²) in [5.41, 5.74) is 8.59. The minimum Gasteiger partial charge on any atom is -0.339 e. The van der Waals surface area contributed by atoms with Gasteiger partial charge in [-0.25, -0.2) is 4.98 Å². The monoisotopic (exact) mass is 241 g/mol. The van der Waals surface area contributed by atoms with Crippen LogP contribution in [0.3, 0.4) is 0 Å². The van der Waals surface area contributed by atoms with Crippen LogP contribution in [0.2, 0.25) is 0 Å². The van der Waals surface area contributed by atoms with Crippen LogP contribution < -0.4 is 5.73 Å². The molecule has 1 atom stereocenters. The van der Waals surface area contributed by atoms with Gasteiger partial charge in [0.1, 0.15) is 0 Å². The first-order valence-corrected chi connectivity index (χ1v) is 6.33. The molecule has 0 aliphatic heterocycles. The maximum absolute atomic E-state index is 11.9. The summed E-state index contributed by atoms with van der Waals surface area (Å²) in [6.07, 6.45) is 1.67. The summed E-state index contributed by atoms with van der Waals surface area (Å²) in [5, 5.41) is 0. The first kappa shape index (κ1) is 13.1. The van der Waals surface area contributed by atoms with E-state index in [2.05, 4.69) is 4.98 Å². The second-order valence-electron chi connectivity index (χ2n) is 3.95. The zero-order valence-electron chi connectivity index (χ0n) is 10.1. The highest BCUT2D eigenvalue weighted by Gasteiger charge is 2.18. The van der Waals surface area contributed by atoms with Crippen LogP contribution in [0.1, 0.15) is 30.3 Å². The molecule has 4 nitrogen and oxygen atoms in total. The molecule has 1 rings (SSSR count). The van der Waals surface area contributed by atoms with Crippen LogP contribution in [-0.2, 0) is 11.3 Å². The van der Waals surface area contributed by atoms with E-state index in [0.717, 1.165) is 23.4 Å².